The molecule has 34 heavy (non-hydrogen) atoms. The Hall–Kier alpha value is -1.89. The predicted octanol–water partition coefficient (Wildman–Crippen LogP) is 7.47. The lowest BCUT2D eigenvalue weighted by molar-refractivity contribution is -0.120. The highest BCUT2D eigenvalue weighted by Gasteiger charge is 2.76. The third kappa shape index (κ3) is 4.65. The monoisotopic (exact) mass is 534 g/mol. The van der Waals surface area contributed by atoms with Crippen molar-refractivity contribution in [3.8, 4) is 0 Å². The molecule has 0 aliphatic heterocycles. The average Bonchev–Trinajstić information content (AvgIpc) is 3.55. The van der Waals surface area contributed by atoms with Crippen molar-refractivity contribution >= 4 is 29.3 Å². The number of thioether (sulfide) groups is 2. The summed E-state index contributed by atoms with van der Waals surface area (Å²) in [6.45, 7) is 0. The molecule has 13 heteroatoms. The zero-order valence-electron chi connectivity index (χ0n) is 16.5. The highest BCUT2D eigenvalue weighted by molar-refractivity contribution is 8.04. The lowest BCUT2D eigenvalue weighted by Gasteiger charge is -2.25. The number of alkyl halides is 6. The molecule has 184 valence electrons. The minimum absolute atomic E-state index is 0.398. The number of rotatable bonds is 6. The van der Waals surface area contributed by atoms with Crippen LogP contribution in [-0.2, 0) is 4.79 Å². The van der Waals surface area contributed by atoms with Gasteiger partial charge in [-0.3, -0.25) is 4.79 Å². The summed E-state index contributed by atoms with van der Waals surface area (Å²) in [6, 6.07) is 4.00. The summed E-state index contributed by atoms with van der Waals surface area (Å²) in [5.41, 5.74) is -11.0. The van der Waals surface area contributed by atoms with Gasteiger partial charge in [0.1, 0.15) is 23.3 Å². The third-order valence-electron chi connectivity index (χ3n) is 5.86. The van der Waals surface area contributed by atoms with Crippen LogP contribution in [-0.4, -0.2) is 26.3 Å². The van der Waals surface area contributed by atoms with Gasteiger partial charge in [0.15, 0.2) is 5.78 Å². The molecule has 4 atom stereocenters. The molecule has 0 bridgehead atoms. The molecule has 0 N–H and O–H groups in total. The van der Waals surface area contributed by atoms with E-state index >= 15 is 0 Å². The summed E-state index contributed by atoms with van der Waals surface area (Å²) < 4.78 is 131. The van der Waals surface area contributed by atoms with Crippen LogP contribution < -0.4 is 0 Å². The van der Waals surface area contributed by atoms with Crippen LogP contribution in [0.4, 0.5) is 43.9 Å². The van der Waals surface area contributed by atoms with Crippen LogP contribution in [0.15, 0.2) is 36.4 Å². The lowest BCUT2D eigenvalue weighted by atomic mass is 10.0. The molecule has 0 saturated heterocycles. The quantitative estimate of drug-likeness (QED) is 0.358. The second-order valence-electron chi connectivity index (χ2n) is 8.05. The Labute approximate surface area is 194 Å². The maximum atomic E-state index is 14.3. The van der Waals surface area contributed by atoms with E-state index < -0.39 is 109 Å². The molecule has 0 radical (unpaired) electrons. The Morgan fingerprint density at radius 2 is 1.06 bits per heavy atom. The molecule has 0 aromatic heterocycles. The lowest BCUT2D eigenvalue weighted by Crippen LogP contribution is -2.38. The molecule has 4 rings (SSSR count). The summed E-state index contributed by atoms with van der Waals surface area (Å²) in [7, 11) is 0. The van der Waals surface area contributed by atoms with E-state index in [1.807, 2.05) is 0 Å². The zero-order valence-corrected chi connectivity index (χ0v) is 18.2. The molecular weight excluding hydrogens is 522 g/mol. The van der Waals surface area contributed by atoms with Crippen molar-refractivity contribution in [1.29, 1.82) is 0 Å². The van der Waals surface area contributed by atoms with Gasteiger partial charge < -0.3 is 0 Å². The molecule has 1 nitrogen and oxygen atoms in total. The van der Waals surface area contributed by atoms with E-state index in [1.165, 1.54) is 0 Å². The Morgan fingerprint density at radius 3 is 1.35 bits per heavy atom. The predicted molar refractivity (Wildman–Crippen MR) is 105 cm³/mol. The van der Waals surface area contributed by atoms with Crippen LogP contribution in [0, 0.1) is 23.3 Å². The highest BCUT2D eigenvalue weighted by Crippen LogP contribution is 2.73. The normalized spacial score (nSPS) is 28.6. The number of hydrogen-bond donors (Lipinski definition) is 0. The number of ketones is 1. The van der Waals surface area contributed by atoms with Crippen molar-refractivity contribution in [2.45, 2.75) is 45.2 Å². The van der Waals surface area contributed by atoms with Crippen molar-refractivity contribution in [3.05, 3.63) is 70.8 Å². The second kappa shape index (κ2) is 8.07. The Morgan fingerprint density at radius 1 is 0.706 bits per heavy atom. The summed E-state index contributed by atoms with van der Waals surface area (Å²) in [6.07, 6.45) is -1.28. The molecule has 2 aliphatic carbocycles. The van der Waals surface area contributed by atoms with E-state index in [9.17, 15) is 48.7 Å². The van der Waals surface area contributed by atoms with E-state index in [0.29, 0.717) is 12.1 Å². The molecule has 0 spiro atoms. The van der Waals surface area contributed by atoms with E-state index in [0.717, 1.165) is 24.3 Å². The summed E-state index contributed by atoms with van der Waals surface area (Å²) in [5, 5.41) is 0. The van der Waals surface area contributed by atoms with Gasteiger partial charge in [-0.25, -0.2) is 17.6 Å². The second-order valence-corrected chi connectivity index (χ2v) is 10.8. The SMILES string of the molecule is O=C(C1(SC(F)(F)F)CC1c1ccc(F)cc1F)C1(SC(F)(F)F)CC1c1ccc(F)cc1F. The first kappa shape index (κ1) is 25.2. The molecule has 0 amide bonds. The minimum atomic E-state index is -5.07. The van der Waals surface area contributed by atoms with Crippen molar-refractivity contribution < 1.29 is 48.7 Å². The molecular formula is C21H12F10OS2. The number of benzene rings is 2. The topological polar surface area (TPSA) is 17.1 Å². The van der Waals surface area contributed by atoms with Crippen LogP contribution in [0.1, 0.15) is 35.8 Å². The number of hydrogen-bond acceptors (Lipinski definition) is 3. The van der Waals surface area contributed by atoms with Crippen molar-refractivity contribution in [2.75, 3.05) is 0 Å². The van der Waals surface area contributed by atoms with Crippen molar-refractivity contribution in [2.24, 2.45) is 0 Å². The standard InChI is InChI=1S/C21H12F10OS2/c22-9-1-3-11(15(24)5-9)13-7-18(13,33-20(26,27)28)17(32)19(34-21(29,30)31)8-14(19)12-4-2-10(23)6-16(12)25/h1-6,13-14H,7-8H2. The zero-order chi connectivity index (χ0) is 25.3. The van der Waals surface area contributed by atoms with Gasteiger partial charge in [-0.2, -0.15) is 26.3 Å². The average molecular weight is 534 g/mol. The molecule has 2 saturated carbocycles. The molecule has 2 aromatic rings. The Kier molecular flexibility index (Phi) is 5.99. The van der Waals surface area contributed by atoms with Gasteiger partial charge in [0.2, 0.25) is 0 Å². The van der Waals surface area contributed by atoms with E-state index in [-0.39, 0.29) is 0 Å². The molecule has 2 aromatic carbocycles. The van der Waals surface area contributed by atoms with E-state index in [1.54, 1.807) is 0 Å². The van der Waals surface area contributed by atoms with Gasteiger partial charge in [-0.15, -0.1) is 0 Å². The first-order valence-electron chi connectivity index (χ1n) is 9.56. The van der Waals surface area contributed by atoms with Crippen molar-refractivity contribution in [1.82, 2.24) is 0 Å². The maximum Gasteiger partial charge on any atom is 0.442 e. The summed E-state index contributed by atoms with van der Waals surface area (Å²) >= 11 is -1.71. The summed E-state index contributed by atoms with van der Waals surface area (Å²) in [5.74, 6) is -8.95. The molecule has 4 unspecified atom stereocenters. The van der Waals surface area contributed by atoms with E-state index in [2.05, 4.69) is 0 Å². The number of halogens is 10. The van der Waals surface area contributed by atoms with Crippen LogP contribution in [0.25, 0.3) is 0 Å². The maximum absolute atomic E-state index is 14.3. The Bertz CT molecular complexity index is 1060. The number of carbonyl (C=O) groups excluding carboxylic acids is 1. The molecule has 2 aliphatic rings. The first-order valence-corrected chi connectivity index (χ1v) is 11.2. The van der Waals surface area contributed by atoms with Crippen LogP contribution in [0.5, 0.6) is 0 Å². The van der Waals surface area contributed by atoms with Gasteiger partial charge in [-0.05, 0) is 59.6 Å². The van der Waals surface area contributed by atoms with Crippen molar-refractivity contribution in [3.63, 3.8) is 0 Å². The fraction of sp³-hybridized carbons (Fsp3) is 0.381. The van der Waals surface area contributed by atoms with Crippen LogP contribution in [0.3, 0.4) is 0 Å². The molecule has 2 fully saturated rings. The van der Waals surface area contributed by atoms with Crippen LogP contribution >= 0.6 is 23.5 Å². The minimum Gasteiger partial charge on any atom is -0.296 e. The highest BCUT2D eigenvalue weighted by atomic mass is 32.2. The fourth-order valence-corrected chi connectivity index (χ4v) is 6.85. The number of Topliss-reactive ketones (excluding diaryl/α,β-unsaturated/α-hetero) is 1. The van der Waals surface area contributed by atoms with Crippen LogP contribution in [0.2, 0.25) is 0 Å². The van der Waals surface area contributed by atoms with Gasteiger partial charge >= 0.3 is 11.0 Å². The number of carbonyl (C=O) groups is 1. The van der Waals surface area contributed by atoms with Gasteiger partial charge in [0.05, 0.1) is 9.49 Å². The van der Waals surface area contributed by atoms with Gasteiger partial charge in [0, 0.05) is 24.0 Å². The molecule has 0 heterocycles. The first-order chi connectivity index (χ1) is 15.6. The smallest absolute Gasteiger partial charge is 0.296 e. The van der Waals surface area contributed by atoms with Gasteiger partial charge in [-0.1, -0.05) is 12.1 Å². The fourth-order valence-electron chi connectivity index (χ4n) is 4.37. The third-order valence-corrected chi connectivity index (χ3v) is 8.33. The summed E-state index contributed by atoms with van der Waals surface area (Å²) in [4.78, 5) is 13.5. The van der Waals surface area contributed by atoms with Gasteiger partial charge in [0.25, 0.3) is 0 Å². The van der Waals surface area contributed by atoms with E-state index in [4.69, 9.17) is 0 Å². The largest absolute Gasteiger partial charge is 0.442 e. The Balaban J connectivity index is 1.77.